The molecule has 0 radical (unpaired) electrons. The van der Waals surface area contributed by atoms with Crippen LogP contribution in [0.3, 0.4) is 0 Å². The van der Waals surface area contributed by atoms with Gasteiger partial charge in [-0.15, -0.1) is 0 Å². The molecule has 0 saturated carbocycles. The Morgan fingerprint density at radius 2 is 2.29 bits per heavy atom. The first-order valence-corrected chi connectivity index (χ1v) is 6.62. The number of carbonyl (C=O) groups excluding carboxylic acids is 1. The maximum Gasteiger partial charge on any atom is 0.220 e. The molecule has 3 unspecified atom stereocenters. The van der Waals surface area contributed by atoms with Crippen molar-refractivity contribution in [1.82, 2.24) is 10.6 Å². The van der Waals surface area contributed by atoms with E-state index in [-0.39, 0.29) is 11.9 Å². The average molecular weight is 242 g/mol. The van der Waals surface area contributed by atoms with E-state index in [9.17, 15) is 4.79 Å². The zero-order valence-corrected chi connectivity index (χ0v) is 11.3. The van der Waals surface area contributed by atoms with E-state index in [0.29, 0.717) is 24.9 Å². The molecule has 1 rings (SSSR count). The zero-order valence-electron chi connectivity index (χ0n) is 11.3. The van der Waals surface area contributed by atoms with Crippen LogP contribution in [0.5, 0.6) is 0 Å². The topological polar surface area (TPSA) is 50.4 Å². The summed E-state index contributed by atoms with van der Waals surface area (Å²) in [5.74, 6) is 1.25. The lowest BCUT2D eigenvalue weighted by atomic mass is 9.85. The highest BCUT2D eigenvalue weighted by atomic mass is 16.5. The molecule has 1 saturated heterocycles. The lowest BCUT2D eigenvalue weighted by molar-refractivity contribution is -0.123. The quantitative estimate of drug-likeness (QED) is 0.735. The number of rotatable bonds is 6. The summed E-state index contributed by atoms with van der Waals surface area (Å²) in [7, 11) is 1.65. The van der Waals surface area contributed by atoms with Gasteiger partial charge in [-0.3, -0.25) is 4.79 Å². The summed E-state index contributed by atoms with van der Waals surface area (Å²) in [4.78, 5) is 11.8. The maximum absolute atomic E-state index is 11.8. The van der Waals surface area contributed by atoms with Crippen LogP contribution >= 0.6 is 0 Å². The number of piperidine rings is 1. The van der Waals surface area contributed by atoms with Crippen LogP contribution < -0.4 is 10.6 Å². The second kappa shape index (κ2) is 7.67. The van der Waals surface area contributed by atoms with E-state index in [2.05, 4.69) is 17.6 Å². The Morgan fingerprint density at radius 3 is 2.88 bits per heavy atom. The van der Waals surface area contributed by atoms with E-state index >= 15 is 0 Å². The van der Waals surface area contributed by atoms with Crippen molar-refractivity contribution in [2.45, 2.75) is 39.2 Å². The van der Waals surface area contributed by atoms with Crippen molar-refractivity contribution in [3.05, 3.63) is 0 Å². The Morgan fingerprint density at radius 1 is 1.53 bits per heavy atom. The number of ether oxygens (including phenoxy) is 1. The Hall–Kier alpha value is -0.610. The maximum atomic E-state index is 11.8. The van der Waals surface area contributed by atoms with E-state index in [1.54, 1.807) is 7.11 Å². The highest BCUT2D eigenvalue weighted by molar-refractivity contribution is 5.76. The van der Waals surface area contributed by atoms with Gasteiger partial charge in [-0.2, -0.15) is 0 Å². The minimum absolute atomic E-state index is 0.101. The third-order valence-corrected chi connectivity index (χ3v) is 3.47. The van der Waals surface area contributed by atoms with Crippen LogP contribution in [0.4, 0.5) is 0 Å². The number of nitrogens with one attached hydrogen (secondary N) is 2. The third kappa shape index (κ3) is 5.50. The molecule has 4 heteroatoms. The molecule has 1 aliphatic heterocycles. The summed E-state index contributed by atoms with van der Waals surface area (Å²) >= 11 is 0. The molecule has 1 fully saturated rings. The molecule has 0 aliphatic carbocycles. The van der Waals surface area contributed by atoms with Gasteiger partial charge in [-0.25, -0.2) is 0 Å². The van der Waals surface area contributed by atoms with E-state index in [1.807, 2.05) is 6.92 Å². The predicted octanol–water partition coefficient (Wildman–Crippen LogP) is 1.16. The van der Waals surface area contributed by atoms with Crippen molar-refractivity contribution < 1.29 is 9.53 Å². The fraction of sp³-hybridized carbons (Fsp3) is 0.923. The summed E-state index contributed by atoms with van der Waals surface area (Å²) in [6.45, 7) is 6.90. The minimum Gasteiger partial charge on any atom is -0.383 e. The van der Waals surface area contributed by atoms with Crippen molar-refractivity contribution in [2.24, 2.45) is 11.8 Å². The average Bonchev–Trinajstić information content (AvgIpc) is 2.30. The number of carbonyl (C=O) groups is 1. The molecular weight excluding hydrogens is 216 g/mol. The van der Waals surface area contributed by atoms with Crippen LogP contribution in [-0.2, 0) is 9.53 Å². The first kappa shape index (κ1) is 14.5. The smallest absolute Gasteiger partial charge is 0.220 e. The van der Waals surface area contributed by atoms with Crippen molar-refractivity contribution in [2.75, 3.05) is 26.8 Å². The van der Waals surface area contributed by atoms with Gasteiger partial charge in [0.15, 0.2) is 0 Å². The Kier molecular flexibility index (Phi) is 6.52. The number of hydrogen-bond donors (Lipinski definition) is 2. The molecule has 1 aliphatic rings. The summed E-state index contributed by atoms with van der Waals surface area (Å²) in [6, 6.07) is 0.101. The zero-order chi connectivity index (χ0) is 12.7. The van der Waals surface area contributed by atoms with Gasteiger partial charge < -0.3 is 15.4 Å². The lowest BCUT2D eigenvalue weighted by Crippen LogP contribution is -2.39. The Bertz CT molecular complexity index is 227. The fourth-order valence-electron chi connectivity index (χ4n) is 2.45. The molecule has 0 spiro atoms. The highest BCUT2D eigenvalue weighted by Crippen LogP contribution is 2.22. The van der Waals surface area contributed by atoms with Crippen molar-refractivity contribution in [3.63, 3.8) is 0 Å². The fourth-order valence-corrected chi connectivity index (χ4v) is 2.45. The molecular formula is C13H26N2O2. The van der Waals surface area contributed by atoms with E-state index < -0.39 is 0 Å². The van der Waals surface area contributed by atoms with Crippen LogP contribution in [0, 0.1) is 11.8 Å². The molecule has 2 N–H and O–H groups in total. The largest absolute Gasteiger partial charge is 0.383 e. The second-order valence-corrected chi connectivity index (χ2v) is 5.21. The number of amides is 1. The summed E-state index contributed by atoms with van der Waals surface area (Å²) in [5, 5.41) is 6.36. The summed E-state index contributed by atoms with van der Waals surface area (Å²) < 4.78 is 5.00. The van der Waals surface area contributed by atoms with Gasteiger partial charge in [0, 0.05) is 19.6 Å². The first-order valence-electron chi connectivity index (χ1n) is 6.62. The summed E-state index contributed by atoms with van der Waals surface area (Å²) in [5.41, 5.74) is 0. The van der Waals surface area contributed by atoms with Gasteiger partial charge in [-0.1, -0.05) is 6.92 Å². The van der Waals surface area contributed by atoms with Gasteiger partial charge in [0.2, 0.25) is 5.91 Å². The highest BCUT2D eigenvalue weighted by Gasteiger charge is 2.22. The van der Waals surface area contributed by atoms with E-state index in [1.165, 1.54) is 12.8 Å². The van der Waals surface area contributed by atoms with E-state index in [4.69, 9.17) is 4.74 Å². The van der Waals surface area contributed by atoms with Crippen LogP contribution in [0.25, 0.3) is 0 Å². The monoisotopic (exact) mass is 242 g/mol. The molecule has 0 aromatic heterocycles. The first-order chi connectivity index (χ1) is 8.13. The normalized spacial score (nSPS) is 24.1. The second-order valence-electron chi connectivity index (χ2n) is 5.21. The van der Waals surface area contributed by atoms with Crippen LogP contribution in [0.2, 0.25) is 0 Å². The van der Waals surface area contributed by atoms with Gasteiger partial charge in [0.05, 0.1) is 6.61 Å². The lowest BCUT2D eigenvalue weighted by Gasteiger charge is -2.28. The van der Waals surface area contributed by atoms with Crippen LogP contribution in [-0.4, -0.2) is 38.8 Å². The number of methoxy groups -OCH3 is 1. The predicted molar refractivity (Wildman–Crippen MR) is 68.9 cm³/mol. The molecule has 0 aromatic carbocycles. The molecule has 1 heterocycles. The molecule has 3 atom stereocenters. The molecule has 4 nitrogen and oxygen atoms in total. The van der Waals surface area contributed by atoms with Crippen molar-refractivity contribution >= 4 is 5.91 Å². The standard InChI is InChI=1S/C13H26N2O2/c1-10(12-5-4-6-14-8-12)7-13(16)15-11(2)9-17-3/h10-12,14H,4-9H2,1-3H3,(H,15,16). The molecule has 100 valence electrons. The van der Waals surface area contributed by atoms with Crippen molar-refractivity contribution in [3.8, 4) is 0 Å². The molecule has 0 aromatic rings. The van der Waals surface area contributed by atoms with Gasteiger partial charge >= 0.3 is 0 Å². The SMILES string of the molecule is COCC(C)NC(=O)CC(C)C1CCCNC1. The number of hydrogen-bond acceptors (Lipinski definition) is 3. The van der Waals surface area contributed by atoms with Crippen LogP contribution in [0.1, 0.15) is 33.1 Å². The third-order valence-electron chi connectivity index (χ3n) is 3.47. The molecule has 1 amide bonds. The van der Waals surface area contributed by atoms with Gasteiger partial charge in [0.1, 0.15) is 0 Å². The molecule has 17 heavy (non-hydrogen) atoms. The van der Waals surface area contributed by atoms with Crippen molar-refractivity contribution in [1.29, 1.82) is 0 Å². The minimum atomic E-state index is 0.101. The Labute approximate surface area is 104 Å². The van der Waals surface area contributed by atoms with Gasteiger partial charge in [0.25, 0.3) is 0 Å². The van der Waals surface area contributed by atoms with E-state index in [0.717, 1.165) is 13.1 Å². The van der Waals surface area contributed by atoms with Crippen LogP contribution in [0.15, 0.2) is 0 Å². The Balaban J connectivity index is 2.24. The summed E-state index contributed by atoms with van der Waals surface area (Å²) in [6.07, 6.45) is 3.10. The van der Waals surface area contributed by atoms with Gasteiger partial charge in [-0.05, 0) is 44.7 Å². The molecule has 0 bridgehead atoms.